The first kappa shape index (κ1) is 38.7. The van der Waals surface area contributed by atoms with Crippen molar-refractivity contribution in [2.45, 2.75) is 88.6 Å². The third kappa shape index (κ3) is 8.44. The zero-order chi connectivity index (χ0) is 39.7. The SMILES string of the molecule is Cc1ccc2c(c1)CC[C@H](c1ccccc1)[C@@H]2c1ccc(OC(CCCCN2CCN(c3ccc4c(c3)CN(C3CCC(=O)NC3=O)C4=O)CC2)C(F)(F)F)cc1. The summed E-state index contributed by atoms with van der Waals surface area (Å²) in [5.74, 6) is -0.335. The second-order valence-corrected chi connectivity index (χ2v) is 16.0. The van der Waals surface area contributed by atoms with Gasteiger partial charge in [-0.25, -0.2) is 0 Å². The van der Waals surface area contributed by atoms with Crippen molar-refractivity contribution in [3.05, 3.63) is 130 Å². The minimum Gasteiger partial charge on any atom is -0.481 e. The normalized spacial score (nSPS) is 21.9. The lowest BCUT2D eigenvalue weighted by molar-refractivity contribution is -0.197. The molecule has 8 rings (SSSR count). The first-order chi connectivity index (χ1) is 27.5. The fourth-order valence-corrected chi connectivity index (χ4v) is 9.28. The van der Waals surface area contributed by atoms with Crippen LogP contribution in [0, 0.1) is 6.92 Å². The van der Waals surface area contributed by atoms with Crippen molar-refractivity contribution in [1.82, 2.24) is 15.1 Å². The number of carbonyl (C=O) groups excluding carboxylic acids is 3. The number of piperidine rings is 1. The molecule has 2 saturated heterocycles. The van der Waals surface area contributed by atoms with Gasteiger partial charge in [-0.1, -0.05) is 66.2 Å². The highest BCUT2D eigenvalue weighted by Gasteiger charge is 2.42. The van der Waals surface area contributed by atoms with Gasteiger partial charge in [0.2, 0.25) is 11.8 Å². The van der Waals surface area contributed by atoms with E-state index in [9.17, 15) is 27.6 Å². The number of imide groups is 1. The Morgan fingerprint density at radius 3 is 2.32 bits per heavy atom. The Labute approximate surface area is 332 Å². The number of nitrogens with zero attached hydrogens (tertiary/aromatic N) is 3. The predicted molar refractivity (Wildman–Crippen MR) is 212 cm³/mol. The molecule has 0 spiro atoms. The van der Waals surface area contributed by atoms with Crippen LogP contribution in [0.25, 0.3) is 0 Å². The third-order valence-electron chi connectivity index (χ3n) is 12.3. The first-order valence-electron chi connectivity index (χ1n) is 20.2. The zero-order valence-electron chi connectivity index (χ0n) is 32.3. The molecule has 0 saturated carbocycles. The standard InChI is InChI=1S/C46H49F3N4O4/c1-30-10-17-38-33(27-30)13-18-37(31-7-3-2-4-8-31)43(38)32-11-15-36(16-12-32)57-41(46(47,48)49)9-5-6-22-51-23-25-52(26-24-51)35-14-19-39-34(28-35)29-53(45(39)56)40-20-21-42(54)50-44(40)55/h2-4,7-8,10-12,14-17,19,27-28,37,40-41,43H,5-6,9,13,18,20-26,29H2,1H3,(H,50,54,55)/t37-,40?,41?,43+/m1/s1. The van der Waals surface area contributed by atoms with Crippen LogP contribution in [0.4, 0.5) is 18.9 Å². The Bertz CT molecular complexity index is 2100. The van der Waals surface area contributed by atoms with Gasteiger partial charge in [-0.05, 0) is 116 Å². The molecule has 3 amide bonds. The Morgan fingerprint density at radius 2 is 1.58 bits per heavy atom. The van der Waals surface area contributed by atoms with Gasteiger partial charge in [-0.15, -0.1) is 0 Å². The van der Waals surface area contributed by atoms with Gasteiger partial charge in [0.15, 0.2) is 6.10 Å². The number of rotatable bonds is 11. The van der Waals surface area contributed by atoms with Crippen LogP contribution in [0.15, 0.2) is 91.0 Å². The topological polar surface area (TPSA) is 82.2 Å². The van der Waals surface area contributed by atoms with E-state index in [0.29, 0.717) is 37.9 Å². The van der Waals surface area contributed by atoms with Gasteiger partial charge in [-0.2, -0.15) is 13.2 Å². The van der Waals surface area contributed by atoms with Crippen molar-refractivity contribution in [3.63, 3.8) is 0 Å². The van der Waals surface area contributed by atoms with Crippen LogP contribution in [0.5, 0.6) is 5.75 Å². The number of piperazine rings is 1. The number of nitrogens with one attached hydrogen (secondary N) is 1. The van der Waals surface area contributed by atoms with E-state index < -0.39 is 24.2 Å². The summed E-state index contributed by atoms with van der Waals surface area (Å²) in [5, 5.41) is 2.34. The van der Waals surface area contributed by atoms with Crippen LogP contribution in [0.2, 0.25) is 0 Å². The minimum absolute atomic E-state index is 0.1000. The lowest BCUT2D eigenvalue weighted by atomic mass is 9.69. The smallest absolute Gasteiger partial charge is 0.425 e. The van der Waals surface area contributed by atoms with Crippen molar-refractivity contribution in [2.75, 3.05) is 37.6 Å². The van der Waals surface area contributed by atoms with E-state index >= 15 is 0 Å². The van der Waals surface area contributed by atoms with Crippen LogP contribution in [0.3, 0.4) is 0 Å². The number of anilines is 1. The zero-order valence-corrected chi connectivity index (χ0v) is 32.3. The highest BCUT2D eigenvalue weighted by molar-refractivity contribution is 6.05. The Balaban J connectivity index is 0.831. The summed E-state index contributed by atoms with van der Waals surface area (Å²) in [6, 6.07) is 29.5. The van der Waals surface area contributed by atoms with Gasteiger partial charge in [0.1, 0.15) is 11.8 Å². The summed E-state index contributed by atoms with van der Waals surface area (Å²) in [6.07, 6.45) is -2.92. The predicted octanol–water partition coefficient (Wildman–Crippen LogP) is 7.92. The molecule has 4 atom stereocenters. The van der Waals surface area contributed by atoms with E-state index in [0.717, 1.165) is 55.8 Å². The molecule has 3 aliphatic heterocycles. The molecule has 8 nitrogen and oxygen atoms in total. The van der Waals surface area contributed by atoms with E-state index in [1.807, 2.05) is 36.4 Å². The summed E-state index contributed by atoms with van der Waals surface area (Å²) >= 11 is 0. The van der Waals surface area contributed by atoms with Crippen LogP contribution in [-0.4, -0.2) is 78.6 Å². The summed E-state index contributed by atoms with van der Waals surface area (Å²) in [4.78, 5) is 43.2. The Morgan fingerprint density at radius 1 is 0.807 bits per heavy atom. The molecule has 2 fully saturated rings. The summed E-state index contributed by atoms with van der Waals surface area (Å²) in [6.45, 7) is 6.21. The average molecular weight is 779 g/mol. The summed E-state index contributed by atoms with van der Waals surface area (Å²) in [5.41, 5.74) is 8.64. The Kier molecular flexibility index (Phi) is 11.1. The van der Waals surface area contributed by atoms with Crippen molar-refractivity contribution in [1.29, 1.82) is 0 Å². The molecule has 11 heteroatoms. The van der Waals surface area contributed by atoms with E-state index in [-0.39, 0.29) is 42.2 Å². The van der Waals surface area contributed by atoms with Crippen LogP contribution in [0.1, 0.15) is 94.1 Å². The molecule has 0 bridgehead atoms. The van der Waals surface area contributed by atoms with Crippen LogP contribution < -0.4 is 15.0 Å². The maximum atomic E-state index is 14.3. The molecule has 4 aromatic rings. The second-order valence-electron chi connectivity index (χ2n) is 16.0. The fourth-order valence-electron chi connectivity index (χ4n) is 9.28. The maximum absolute atomic E-state index is 14.3. The second kappa shape index (κ2) is 16.4. The number of alkyl halides is 3. The van der Waals surface area contributed by atoms with Crippen molar-refractivity contribution >= 4 is 23.4 Å². The fraction of sp³-hybridized carbons (Fsp3) is 0.413. The third-order valence-corrected chi connectivity index (χ3v) is 12.3. The number of amides is 3. The minimum atomic E-state index is -4.48. The number of carbonyl (C=O) groups is 3. The highest BCUT2D eigenvalue weighted by atomic mass is 19.4. The largest absolute Gasteiger partial charge is 0.481 e. The van der Waals surface area contributed by atoms with Gasteiger partial charge in [0.25, 0.3) is 5.91 Å². The number of hydrogen-bond acceptors (Lipinski definition) is 6. The number of aryl methyl sites for hydroxylation is 2. The van der Waals surface area contributed by atoms with Crippen LogP contribution in [-0.2, 0) is 22.6 Å². The maximum Gasteiger partial charge on any atom is 0.425 e. The average Bonchev–Trinajstić information content (AvgIpc) is 3.53. The molecule has 0 radical (unpaired) electrons. The number of benzene rings is 4. The number of hydrogen-bond donors (Lipinski definition) is 1. The monoisotopic (exact) mass is 778 g/mol. The summed E-state index contributed by atoms with van der Waals surface area (Å²) < 4.78 is 48.4. The molecule has 298 valence electrons. The number of unbranched alkanes of at least 4 members (excludes halogenated alkanes) is 1. The molecular formula is C46H49F3N4O4. The molecule has 1 aliphatic carbocycles. The number of ether oxygens (including phenoxy) is 1. The van der Waals surface area contributed by atoms with E-state index in [4.69, 9.17) is 4.74 Å². The van der Waals surface area contributed by atoms with Gasteiger partial charge in [0.05, 0.1) is 0 Å². The van der Waals surface area contributed by atoms with E-state index in [2.05, 4.69) is 64.5 Å². The number of fused-ring (bicyclic) bond motifs is 2. The molecule has 0 aromatic heterocycles. The molecular weight excluding hydrogens is 730 g/mol. The van der Waals surface area contributed by atoms with Crippen molar-refractivity contribution in [2.24, 2.45) is 0 Å². The van der Waals surface area contributed by atoms with E-state index in [1.54, 1.807) is 17.0 Å². The first-order valence-corrected chi connectivity index (χ1v) is 20.2. The molecule has 1 N–H and O–H groups in total. The van der Waals surface area contributed by atoms with Crippen molar-refractivity contribution < 1.29 is 32.3 Å². The molecule has 2 unspecified atom stereocenters. The molecule has 57 heavy (non-hydrogen) atoms. The molecule has 4 aromatic carbocycles. The van der Waals surface area contributed by atoms with Crippen LogP contribution >= 0.6 is 0 Å². The molecule has 4 aliphatic rings. The summed E-state index contributed by atoms with van der Waals surface area (Å²) in [7, 11) is 0. The highest BCUT2D eigenvalue weighted by Crippen LogP contribution is 2.47. The number of halogens is 3. The van der Waals surface area contributed by atoms with E-state index in [1.165, 1.54) is 22.3 Å². The van der Waals surface area contributed by atoms with Crippen molar-refractivity contribution in [3.8, 4) is 5.75 Å². The quantitative estimate of drug-likeness (QED) is 0.123. The van der Waals surface area contributed by atoms with Gasteiger partial charge < -0.3 is 14.5 Å². The molecule has 3 heterocycles. The Hall–Kier alpha value is -5.16. The lowest BCUT2D eigenvalue weighted by Crippen LogP contribution is -2.52. The lowest BCUT2D eigenvalue weighted by Gasteiger charge is -2.36. The van der Waals surface area contributed by atoms with Gasteiger partial charge in [0, 0.05) is 56.3 Å². The van der Waals surface area contributed by atoms with Gasteiger partial charge >= 0.3 is 6.18 Å². The van der Waals surface area contributed by atoms with Gasteiger partial charge in [-0.3, -0.25) is 24.6 Å².